The standard InChI is InChI=1S/C21H16NO3.C21H16NO2.C17H16NO3/c23-21(25-18-11-5-2-6-12-18)19-13-7-8-16-14-22(15-24-20(16)19)17-9-3-1-4-10-17;23-20(16-8-3-1-4-9-16)19-13-7-10-17-14-22(15-24-21(17)19)18-11-5-2-6-12-18;1-2-20-17(19)15-10-6-7-13-11-18(12-21-16(13)15)14-8-4-3-5-9-14/h1-14H,15H2;1-14H,15H2;3-11H,2,12H2,1H3/q3*+1. The fourth-order valence-electron chi connectivity index (χ4n) is 7.88. The second kappa shape index (κ2) is 22.1. The zero-order valence-corrected chi connectivity index (χ0v) is 38.3. The minimum absolute atomic E-state index is 0.0194. The van der Waals surface area contributed by atoms with Crippen molar-refractivity contribution in [2.75, 3.05) is 26.8 Å². The molecule has 3 aliphatic heterocycles. The number of carbonyl (C=O) groups excluding carboxylic acids is 3. The van der Waals surface area contributed by atoms with Gasteiger partial charge in [0.1, 0.15) is 16.9 Å². The summed E-state index contributed by atoms with van der Waals surface area (Å²) >= 11 is 0. The highest BCUT2D eigenvalue weighted by molar-refractivity contribution is 6.12. The number of hydrogen-bond acceptors (Lipinski definition) is 8. The van der Waals surface area contributed by atoms with Gasteiger partial charge in [-0.25, -0.2) is 9.59 Å². The van der Waals surface area contributed by atoms with Crippen molar-refractivity contribution in [1.29, 1.82) is 0 Å². The van der Waals surface area contributed by atoms with Gasteiger partial charge in [0, 0.05) is 42.0 Å². The summed E-state index contributed by atoms with van der Waals surface area (Å²) in [5.74, 6) is 1.50. The summed E-state index contributed by atoms with van der Waals surface area (Å²) < 4.78 is 34.1. The van der Waals surface area contributed by atoms with E-state index in [1.165, 1.54) is 0 Å². The molecule has 3 aliphatic rings. The molecule has 8 aromatic carbocycles. The van der Waals surface area contributed by atoms with Crippen molar-refractivity contribution in [2.24, 2.45) is 0 Å². The molecular formula is C59H48N3O8+3. The fourth-order valence-corrected chi connectivity index (χ4v) is 7.88. The van der Waals surface area contributed by atoms with E-state index in [-0.39, 0.29) is 11.8 Å². The molecule has 344 valence electrons. The summed E-state index contributed by atoms with van der Waals surface area (Å²) in [5.41, 5.74) is 7.92. The number of fused-ring (bicyclic) bond motifs is 3. The molecule has 11 nitrogen and oxygen atoms in total. The first-order valence-corrected chi connectivity index (χ1v) is 22.7. The van der Waals surface area contributed by atoms with E-state index in [2.05, 4.69) is 0 Å². The topological polar surface area (TPSA) is 106 Å². The lowest BCUT2D eigenvalue weighted by Crippen LogP contribution is -2.23. The Morgan fingerprint density at radius 3 is 1.19 bits per heavy atom. The van der Waals surface area contributed by atoms with Crippen LogP contribution in [0.25, 0.3) is 0 Å². The van der Waals surface area contributed by atoms with Gasteiger partial charge in [-0.05, 0) is 55.5 Å². The molecule has 0 N–H and O–H groups in total. The third kappa shape index (κ3) is 10.8. The highest BCUT2D eigenvalue weighted by Crippen LogP contribution is 2.31. The number of para-hydroxylation sites is 7. The van der Waals surface area contributed by atoms with Gasteiger partial charge in [-0.2, -0.15) is 13.7 Å². The van der Waals surface area contributed by atoms with E-state index in [9.17, 15) is 14.4 Å². The van der Waals surface area contributed by atoms with Gasteiger partial charge in [0.25, 0.3) is 20.2 Å². The molecule has 0 amide bonds. The minimum Gasteiger partial charge on any atom is -0.462 e. The van der Waals surface area contributed by atoms with Gasteiger partial charge in [-0.1, -0.05) is 121 Å². The molecule has 0 bridgehead atoms. The largest absolute Gasteiger partial charge is 0.462 e. The molecule has 70 heavy (non-hydrogen) atoms. The predicted molar refractivity (Wildman–Crippen MR) is 268 cm³/mol. The highest BCUT2D eigenvalue weighted by Gasteiger charge is 2.27. The number of esters is 2. The van der Waals surface area contributed by atoms with Crippen LogP contribution in [0, 0.1) is 0 Å². The zero-order valence-electron chi connectivity index (χ0n) is 38.3. The lowest BCUT2D eigenvalue weighted by atomic mass is 10.00. The Morgan fingerprint density at radius 1 is 0.414 bits per heavy atom. The van der Waals surface area contributed by atoms with Gasteiger partial charge >= 0.3 is 11.9 Å². The van der Waals surface area contributed by atoms with Gasteiger partial charge in [-0.15, -0.1) is 0 Å². The van der Waals surface area contributed by atoms with Crippen molar-refractivity contribution in [1.82, 2.24) is 0 Å². The van der Waals surface area contributed by atoms with E-state index in [0.717, 1.165) is 33.8 Å². The van der Waals surface area contributed by atoms with Crippen LogP contribution >= 0.6 is 0 Å². The van der Waals surface area contributed by atoms with Gasteiger partial charge in [0.05, 0.1) is 28.9 Å². The van der Waals surface area contributed by atoms with Gasteiger partial charge in [-0.3, -0.25) is 4.79 Å². The molecule has 0 fully saturated rings. The Hall–Kier alpha value is -9.22. The minimum atomic E-state index is -0.426. The number of carbonyl (C=O) groups is 3. The molecule has 3 heterocycles. The van der Waals surface area contributed by atoms with E-state index in [0.29, 0.717) is 72.1 Å². The Balaban J connectivity index is 0.000000131. The Labute approximate surface area is 405 Å². The van der Waals surface area contributed by atoms with Crippen LogP contribution in [0.4, 0.5) is 17.1 Å². The molecule has 8 aromatic rings. The summed E-state index contributed by atoms with van der Waals surface area (Å²) in [6, 6.07) is 64.9. The van der Waals surface area contributed by atoms with Gasteiger partial charge in [0.15, 0.2) is 41.7 Å². The van der Waals surface area contributed by atoms with Crippen LogP contribution in [-0.4, -0.2) is 76.9 Å². The van der Waals surface area contributed by atoms with Gasteiger partial charge in [0.2, 0.25) is 17.1 Å². The molecule has 0 saturated heterocycles. The maximum absolute atomic E-state index is 12.8. The van der Waals surface area contributed by atoms with Crippen molar-refractivity contribution in [3.8, 4) is 23.0 Å². The van der Waals surface area contributed by atoms with E-state index in [4.69, 9.17) is 23.7 Å². The highest BCUT2D eigenvalue weighted by atomic mass is 16.5. The third-order valence-corrected chi connectivity index (χ3v) is 11.3. The summed E-state index contributed by atoms with van der Waals surface area (Å²) in [6.07, 6.45) is 5.99. The van der Waals surface area contributed by atoms with E-state index < -0.39 is 5.97 Å². The number of benzene rings is 8. The van der Waals surface area contributed by atoms with Crippen LogP contribution in [0.15, 0.2) is 206 Å². The van der Waals surface area contributed by atoms with Crippen LogP contribution in [0.2, 0.25) is 0 Å². The molecule has 0 radical (unpaired) electrons. The maximum atomic E-state index is 12.8. The van der Waals surface area contributed by atoms with Gasteiger partial charge < -0.3 is 23.7 Å². The average Bonchev–Trinajstić information content (AvgIpc) is 3.43. The van der Waals surface area contributed by atoms with Crippen LogP contribution in [0.3, 0.4) is 0 Å². The first kappa shape index (κ1) is 45.9. The van der Waals surface area contributed by atoms with Crippen molar-refractivity contribution in [3.05, 3.63) is 245 Å². The maximum Gasteiger partial charge on any atom is 0.347 e. The van der Waals surface area contributed by atoms with Crippen molar-refractivity contribution >= 4 is 53.4 Å². The molecule has 0 aromatic heterocycles. The first-order valence-electron chi connectivity index (χ1n) is 22.7. The first-order chi connectivity index (χ1) is 34.4. The van der Waals surface area contributed by atoms with E-state index in [1.807, 2.05) is 214 Å². The van der Waals surface area contributed by atoms with E-state index in [1.54, 1.807) is 31.2 Å². The Kier molecular flexibility index (Phi) is 14.5. The molecule has 0 saturated carbocycles. The smallest absolute Gasteiger partial charge is 0.347 e. The summed E-state index contributed by atoms with van der Waals surface area (Å²) in [6.45, 7) is 3.23. The van der Waals surface area contributed by atoms with E-state index >= 15 is 0 Å². The van der Waals surface area contributed by atoms with Crippen molar-refractivity contribution < 1.29 is 51.8 Å². The number of hydrogen-bond donors (Lipinski definition) is 0. The number of ketones is 1. The van der Waals surface area contributed by atoms with Crippen LogP contribution < -0.4 is 18.9 Å². The van der Waals surface area contributed by atoms with Crippen molar-refractivity contribution in [3.63, 3.8) is 0 Å². The second-order valence-corrected chi connectivity index (χ2v) is 15.9. The van der Waals surface area contributed by atoms with Crippen molar-refractivity contribution in [2.45, 2.75) is 6.92 Å². The Morgan fingerprint density at radius 2 is 0.771 bits per heavy atom. The fraction of sp³-hybridized carbons (Fsp3) is 0.0847. The molecular weight excluding hydrogens is 879 g/mol. The second-order valence-electron chi connectivity index (χ2n) is 15.9. The van der Waals surface area contributed by atoms with Crippen LogP contribution in [0.5, 0.6) is 23.0 Å². The number of rotatable bonds is 9. The van der Waals surface area contributed by atoms with Crippen LogP contribution in [0.1, 0.15) is 60.3 Å². The lowest BCUT2D eigenvalue weighted by molar-refractivity contribution is -0.476. The summed E-state index contributed by atoms with van der Waals surface area (Å²) in [7, 11) is 0. The van der Waals surface area contributed by atoms with Crippen LogP contribution in [-0.2, 0) is 4.74 Å². The quantitative estimate of drug-likeness (QED) is 0.0610. The SMILES string of the molecule is CCOC(=O)c1cccc2c1OC[N+](c1ccccc1)=C2.O=C(Oc1ccccc1)c1cccc2c1OC[N+](c1ccccc1)=C2.O=C(c1ccccc1)c1cccc2c1OC[N+](c1ccccc1)=C2. The molecule has 0 atom stereocenters. The lowest BCUT2D eigenvalue weighted by Gasteiger charge is -2.16. The summed E-state index contributed by atoms with van der Waals surface area (Å²) in [4.78, 5) is 37.2. The zero-order chi connectivity index (χ0) is 48.1. The molecule has 11 heteroatoms. The summed E-state index contributed by atoms with van der Waals surface area (Å²) in [5, 5.41) is 0. The monoisotopic (exact) mass is 926 g/mol. The third-order valence-electron chi connectivity index (χ3n) is 11.3. The Bertz CT molecular complexity index is 3230. The normalized spacial score (nSPS) is 12.7. The molecule has 0 unspecified atom stereocenters. The molecule has 11 rings (SSSR count). The predicted octanol–water partition coefficient (Wildman–Crippen LogP) is 11.0. The molecule has 0 spiro atoms. The average molecular weight is 927 g/mol. The number of ether oxygens (including phenoxy) is 5. The number of nitrogens with zero attached hydrogens (tertiary/aromatic N) is 3. The molecule has 0 aliphatic carbocycles.